The summed E-state index contributed by atoms with van der Waals surface area (Å²) in [5.74, 6) is 1.39. The molecule has 0 saturated carbocycles. The van der Waals surface area contributed by atoms with Gasteiger partial charge >= 0.3 is 0 Å². The van der Waals surface area contributed by atoms with E-state index in [0.717, 1.165) is 5.92 Å². The fraction of sp³-hybridized carbons (Fsp3) is 0.643. The van der Waals surface area contributed by atoms with Crippen LogP contribution in [-0.2, 0) is 6.42 Å². The van der Waals surface area contributed by atoms with Gasteiger partial charge in [0.2, 0.25) is 0 Å². The van der Waals surface area contributed by atoms with Crippen LogP contribution in [0.4, 0.5) is 0 Å². The predicted molar refractivity (Wildman–Crippen MR) is 67.6 cm³/mol. The van der Waals surface area contributed by atoms with Crippen LogP contribution >= 0.6 is 0 Å². The van der Waals surface area contributed by atoms with Crippen molar-refractivity contribution < 1.29 is 0 Å². The highest BCUT2D eigenvalue weighted by molar-refractivity contribution is 5.16. The van der Waals surface area contributed by atoms with Crippen LogP contribution in [0, 0.1) is 5.92 Å². The van der Waals surface area contributed by atoms with Gasteiger partial charge in [-0.05, 0) is 55.8 Å². The predicted octanol–water partition coefficient (Wildman–Crippen LogP) is 2.75. The monoisotopic (exact) mass is 218 g/mol. The van der Waals surface area contributed by atoms with Gasteiger partial charge in [0.1, 0.15) is 0 Å². The van der Waals surface area contributed by atoms with Gasteiger partial charge in [-0.25, -0.2) is 0 Å². The molecule has 2 nitrogen and oxygen atoms in total. The van der Waals surface area contributed by atoms with Crippen LogP contribution in [-0.4, -0.2) is 18.1 Å². The van der Waals surface area contributed by atoms with Gasteiger partial charge in [-0.3, -0.25) is 4.98 Å². The zero-order valence-electron chi connectivity index (χ0n) is 10.4. The van der Waals surface area contributed by atoms with Gasteiger partial charge in [0.05, 0.1) is 0 Å². The van der Waals surface area contributed by atoms with Crippen molar-refractivity contribution in [3.8, 4) is 0 Å². The summed E-state index contributed by atoms with van der Waals surface area (Å²) in [4.78, 5) is 4.53. The first-order valence-electron chi connectivity index (χ1n) is 6.41. The molecule has 1 saturated heterocycles. The minimum Gasteiger partial charge on any atom is -0.317 e. The van der Waals surface area contributed by atoms with E-state index in [9.17, 15) is 0 Å². The smallest absolute Gasteiger partial charge is 0.0429 e. The second-order valence-electron chi connectivity index (χ2n) is 5.14. The topological polar surface area (TPSA) is 24.9 Å². The molecule has 0 radical (unpaired) electrons. The molecule has 0 atom stereocenters. The molecule has 1 fully saturated rings. The molecule has 1 aromatic heterocycles. The first-order valence-corrected chi connectivity index (χ1v) is 6.41. The molecule has 1 aromatic rings. The zero-order chi connectivity index (χ0) is 11.4. The summed E-state index contributed by atoms with van der Waals surface area (Å²) in [5.41, 5.74) is 2.60. The molecule has 0 amide bonds. The van der Waals surface area contributed by atoms with E-state index < -0.39 is 0 Å². The maximum atomic E-state index is 4.53. The van der Waals surface area contributed by atoms with E-state index in [1.54, 1.807) is 0 Å². The van der Waals surface area contributed by atoms with Crippen LogP contribution < -0.4 is 5.32 Å². The Kier molecular flexibility index (Phi) is 3.94. The van der Waals surface area contributed by atoms with Gasteiger partial charge in [-0.1, -0.05) is 19.9 Å². The van der Waals surface area contributed by atoms with Gasteiger partial charge < -0.3 is 5.32 Å². The summed E-state index contributed by atoms with van der Waals surface area (Å²) >= 11 is 0. The van der Waals surface area contributed by atoms with E-state index >= 15 is 0 Å². The van der Waals surface area contributed by atoms with E-state index in [1.165, 1.54) is 43.6 Å². The Hall–Kier alpha value is -0.890. The van der Waals surface area contributed by atoms with Crippen molar-refractivity contribution in [1.29, 1.82) is 0 Å². The molecule has 0 bridgehead atoms. The summed E-state index contributed by atoms with van der Waals surface area (Å²) in [5, 5.41) is 3.41. The lowest BCUT2D eigenvalue weighted by Crippen LogP contribution is -2.28. The number of nitrogens with zero attached hydrogens (tertiary/aromatic N) is 1. The molecule has 1 aliphatic heterocycles. The molecule has 2 heteroatoms. The molecule has 2 rings (SSSR count). The average molecular weight is 218 g/mol. The van der Waals surface area contributed by atoms with Crippen molar-refractivity contribution in [1.82, 2.24) is 10.3 Å². The molecule has 16 heavy (non-hydrogen) atoms. The SMILES string of the molecule is CC(C)c1ccc(CC2CCNCC2)cn1. The summed E-state index contributed by atoms with van der Waals surface area (Å²) in [7, 11) is 0. The Labute approximate surface area is 98.5 Å². The minimum absolute atomic E-state index is 0.535. The highest BCUT2D eigenvalue weighted by Crippen LogP contribution is 2.18. The number of piperidine rings is 1. The molecule has 0 unspecified atom stereocenters. The highest BCUT2D eigenvalue weighted by Gasteiger charge is 2.13. The number of hydrogen-bond acceptors (Lipinski definition) is 2. The largest absolute Gasteiger partial charge is 0.317 e. The van der Waals surface area contributed by atoms with Crippen LogP contribution in [0.5, 0.6) is 0 Å². The maximum Gasteiger partial charge on any atom is 0.0429 e. The molecule has 88 valence electrons. The summed E-state index contributed by atoms with van der Waals surface area (Å²) in [6, 6.07) is 4.44. The standard InChI is InChI=1S/C14H22N2/c1-11(2)14-4-3-13(10-16-14)9-12-5-7-15-8-6-12/h3-4,10-12,15H,5-9H2,1-2H3. The van der Waals surface area contributed by atoms with E-state index in [4.69, 9.17) is 0 Å². The van der Waals surface area contributed by atoms with Gasteiger partial charge in [0.25, 0.3) is 0 Å². The summed E-state index contributed by atoms with van der Waals surface area (Å²) in [6.45, 7) is 6.74. The second-order valence-corrected chi connectivity index (χ2v) is 5.14. The Balaban J connectivity index is 1.93. The fourth-order valence-corrected chi connectivity index (χ4v) is 2.32. The van der Waals surface area contributed by atoms with Crippen LogP contribution in [0.1, 0.15) is 43.9 Å². The number of aromatic nitrogens is 1. The van der Waals surface area contributed by atoms with E-state index in [2.05, 4.69) is 42.5 Å². The lowest BCUT2D eigenvalue weighted by atomic mass is 9.91. The number of nitrogens with one attached hydrogen (secondary N) is 1. The van der Waals surface area contributed by atoms with Gasteiger partial charge in [0, 0.05) is 11.9 Å². The average Bonchev–Trinajstić information content (AvgIpc) is 2.31. The third-order valence-electron chi connectivity index (χ3n) is 3.42. The van der Waals surface area contributed by atoms with E-state index in [-0.39, 0.29) is 0 Å². The third-order valence-corrected chi connectivity index (χ3v) is 3.42. The number of pyridine rings is 1. The molecule has 2 heterocycles. The summed E-state index contributed by atoms with van der Waals surface area (Å²) < 4.78 is 0. The first-order chi connectivity index (χ1) is 7.75. The van der Waals surface area contributed by atoms with Gasteiger partial charge in [-0.2, -0.15) is 0 Å². The first kappa shape index (κ1) is 11.6. The van der Waals surface area contributed by atoms with Crippen molar-refractivity contribution >= 4 is 0 Å². The second kappa shape index (κ2) is 5.44. The van der Waals surface area contributed by atoms with Crippen LogP contribution in [0.3, 0.4) is 0 Å². The highest BCUT2D eigenvalue weighted by atomic mass is 14.9. The number of hydrogen-bond donors (Lipinski definition) is 1. The van der Waals surface area contributed by atoms with Crippen LogP contribution in [0.2, 0.25) is 0 Å². The van der Waals surface area contributed by atoms with Crippen molar-refractivity contribution in [2.75, 3.05) is 13.1 Å². The van der Waals surface area contributed by atoms with Gasteiger partial charge in [0.15, 0.2) is 0 Å². The Morgan fingerprint density at radius 2 is 2.06 bits per heavy atom. The van der Waals surface area contributed by atoms with Crippen molar-refractivity contribution in [2.24, 2.45) is 5.92 Å². The van der Waals surface area contributed by atoms with Crippen molar-refractivity contribution in [3.63, 3.8) is 0 Å². The quantitative estimate of drug-likeness (QED) is 0.844. The van der Waals surface area contributed by atoms with Crippen LogP contribution in [0.15, 0.2) is 18.3 Å². The normalized spacial score (nSPS) is 17.9. The molecule has 1 N–H and O–H groups in total. The minimum atomic E-state index is 0.535. The molecular formula is C14H22N2. The molecular weight excluding hydrogens is 196 g/mol. The molecule has 0 aliphatic carbocycles. The number of rotatable bonds is 3. The van der Waals surface area contributed by atoms with Crippen LogP contribution in [0.25, 0.3) is 0 Å². The van der Waals surface area contributed by atoms with Gasteiger partial charge in [-0.15, -0.1) is 0 Å². The summed E-state index contributed by atoms with van der Waals surface area (Å²) in [6.07, 6.45) is 5.89. The molecule has 0 spiro atoms. The fourth-order valence-electron chi connectivity index (χ4n) is 2.32. The van der Waals surface area contributed by atoms with E-state index in [1.807, 2.05) is 0 Å². The Morgan fingerprint density at radius 3 is 2.62 bits per heavy atom. The molecule has 1 aliphatic rings. The van der Waals surface area contributed by atoms with Crippen molar-refractivity contribution in [2.45, 2.75) is 39.0 Å². The van der Waals surface area contributed by atoms with Crippen molar-refractivity contribution in [3.05, 3.63) is 29.6 Å². The maximum absolute atomic E-state index is 4.53. The Morgan fingerprint density at radius 1 is 1.31 bits per heavy atom. The Bertz CT molecular complexity index is 310. The zero-order valence-corrected chi connectivity index (χ0v) is 10.4. The van der Waals surface area contributed by atoms with E-state index in [0.29, 0.717) is 5.92 Å². The lowest BCUT2D eigenvalue weighted by molar-refractivity contribution is 0.372. The third kappa shape index (κ3) is 3.05. The lowest BCUT2D eigenvalue weighted by Gasteiger charge is -2.22. The molecule has 0 aromatic carbocycles.